The molecular weight excluding hydrogens is 302 g/mol. The number of aromatic amines is 1. The number of ether oxygens (including phenoxy) is 1. The lowest BCUT2D eigenvalue weighted by Gasteiger charge is -2.33. The first-order chi connectivity index (χ1) is 11.7. The van der Waals surface area contributed by atoms with Gasteiger partial charge >= 0.3 is 0 Å². The van der Waals surface area contributed by atoms with E-state index in [2.05, 4.69) is 45.5 Å². The van der Waals surface area contributed by atoms with E-state index in [1.54, 1.807) is 6.33 Å². The Morgan fingerprint density at radius 3 is 2.71 bits per heavy atom. The van der Waals surface area contributed by atoms with Gasteiger partial charge in [0.25, 0.3) is 0 Å². The lowest BCUT2D eigenvalue weighted by molar-refractivity contribution is 0.194. The maximum atomic E-state index is 5.57. The van der Waals surface area contributed by atoms with Gasteiger partial charge in [-0.1, -0.05) is 0 Å². The number of fused-ring (bicyclic) bond motifs is 1. The first-order valence-corrected chi connectivity index (χ1v) is 9.05. The number of H-pyrrole nitrogens is 1. The second kappa shape index (κ2) is 6.69. The topological polar surface area (TPSA) is 66.1 Å². The fourth-order valence-electron chi connectivity index (χ4n) is 4.13. The molecule has 2 aromatic heterocycles. The minimum Gasteiger partial charge on any atom is -0.381 e. The second-order valence-corrected chi connectivity index (χ2v) is 7.36. The second-order valence-electron chi connectivity index (χ2n) is 7.36. The van der Waals surface area contributed by atoms with Gasteiger partial charge in [0.05, 0.1) is 12.0 Å². The lowest BCUT2D eigenvalue weighted by atomic mass is 9.90. The highest BCUT2D eigenvalue weighted by atomic mass is 16.5. The average Bonchev–Trinajstić information content (AvgIpc) is 3.25. The van der Waals surface area contributed by atoms with E-state index in [0.29, 0.717) is 18.0 Å². The summed E-state index contributed by atoms with van der Waals surface area (Å²) in [6, 6.07) is 1.22. The molecule has 1 aliphatic heterocycles. The van der Waals surface area contributed by atoms with Crippen LogP contribution < -0.4 is 5.32 Å². The number of nitrogens with one attached hydrogen (secondary N) is 2. The van der Waals surface area contributed by atoms with Crippen LogP contribution in [0.3, 0.4) is 0 Å². The van der Waals surface area contributed by atoms with E-state index in [1.807, 2.05) is 0 Å². The van der Waals surface area contributed by atoms with Gasteiger partial charge in [-0.25, -0.2) is 9.97 Å². The molecule has 0 amide bonds. The van der Waals surface area contributed by atoms with Gasteiger partial charge in [0, 0.05) is 30.8 Å². The van der Waals surface area contributed by atoms with E-state index in [9.17, 15) is 0 Å². The van der Waals surface area contributed by atoms with Crippen LogP contribution in [0.25, 0.3) is 11.0 Å². The Morgan fingerprint density at radius 2 is 2.00 bits per heavy atom. The molecule has 6 nitrogen and oxygen atoms in total. The van der Waals surface area contributed by atoms with E-state index >= 15 is 0 Å². The smallest absolute Gasteiger partial charge is 0.143 e. The Hall–Kier alpha value is -1.66. The van der Waals surface area contributed by atoms with E-state index in [-0.39, 0.29) is 0 Å². The summed E-state index contributed by atoms with van der Waals surface area (Å²) >= 11 is 0. The molecule has 2 aliphatic rings. The van der Waals surface area contributed by atoms with Gasteiger partial charge in [0.15, 0.2) is 0 Å². The van der Waals surface area contributed by atoms with Gasteiger partial charge in [-0.05, 0) is 51.8 Å². The van der Waals surface area contributed by atoms with Crippen molar-refractivity contribution in [2.24, 2.45) is 0 Å². The van der Waals surface area contributed by atoms with Crippen LogP contribution in [0.4, 0.5) is 5.82 Å². The zero-order chi connectivity index (χ0) is 16.5. The molecule has 1 saturated heterocycles. The number of hydrogen-bond donors (Lipinski definition) is 2. The molecule has 1 aliphatic carbocycles. The molecule has 1 saturated carbocycles. The lowest BCUT2D eigenvalue weighted by Crippen LogP contribution is -2.36. The molecule has 6 heteroatoms. The van der Waals surface area contributed by atoms with Crippen LogP contribution >= 0.6 is 0 Å². The number of aromatic nitrogens is 3. The molecule has 1 unspecified atom stereocenters. The predicted molar refractivity (Wildman–Crippen MR) is 95.4 cm³/mol. The molecule has 130 valence electrons. The van der Waals surface area contributed by atoms with Crippen LogP contribution in [0.5, 0.6) is 0 Å². The molecular formula is C18H27N5O. The standard InChI is InChI=1S/C18H27N5O/c1-23(2)14-5-3-13(4-6-14)22-18-16-15(12-7-8-24-10-12)9-19-17(16)20-11-21-18/h9,11-14H,3-8,10H2,1-2H3,(H2,19,20,21,22)/t12?,13-,14-. The quantitative estimate of drug-likeness (QED) is 0.903. The Kier molecular flexibility index (Phi) is 4.41. The van der Waals surface area contributed by atoms with E-state index in [1.165, 1.54) is 31.2 Å². The molecule has 0 radical (unpaired) electrons. The molecule has 2 aromatic rings. The molecule has 0 aromatic carbocycles. The van der Waals surface area contributed by atoms with E-state index in [0.717, 1.165) is 36.5 Å². The maximum absolute atomic E-state index is 5.57. The van der Waals surface area contributed by atoms with Gasteiger partial charge in [0.2, 0.25) is 0 Å². The normalized spacial score (nSPS) is 27.9. The minimum atomic E-state index is 0.453. The van der Waals surface area contributed by atoms with Crippen molar-refractivity contribution in [1.82, 2.24) is 19.9 Å². The van der Waals surface area contributed by atoms with Crippen LogP contribution in [0.15, 0.2) is 12.5 Å². The van der Waals surface area contributed by atoms with Crippen LogP contribution in [0, 0.1) is 0 Å². The number of rotatable bonds is 4. The van der Waals surface area contributed by atoms with Gasteiger partial charge in [-0.3, -0.25) is 0 Å². The van der Waals surface area contributed by atoms with E-state index < -0.39 is 0 Å². The number of nitrogens with zero attached hydrogens (tertiary/aromatic N) is 3. The first-order valence-electron chi connectivity index (χ1n) is 9.05. The molecule has 2 fully saturated rings. The van der Waals surface area contributed by atoms with Crippen molar-refractivity contribution in [1.29, 1.82) is 0 Å². The summed E-state index contributed by atoms with van der Waals surface area (Å²) in [5, 5.41) is 4.86. The third-order valence-corrected chi connectivity index (χ3v) is 5.64. The first kappa shape index (κ1) is 15.8. The van der Waals surface area contributed by atoms with Crippen LogP contribution in [-0.2, 0) is 4.74 Å². The summed E-state index contributed by atoms with van der Waals surface area (Å²) in [4.78, 5) is 14.6. The monoisotopic (exact) mass is 329 g/mol. The van der Waals surface area contributed by atoms with Crippen LogP contribution in [-0.4, -0.2) is 59.2 Å². The molecule has 3 heterocycles. The zero-order valence-corrected chi connectivity index (χ0v) is 14.6. The van der Waals surface area contributed by atoms with Crippen LogP contribution in [0.1, 0.15) is 43.6 Å². The largest absolute Gasteiger partial charge is 0.381 e. The van der Waals surface area contributed by atoms with Crippen molar-refractivity contribution in [2.75, 3.05) is 32.6 Å². The highest BCUT2D eigenvalue weighted by Crippen LogP contribution is 2.34. The molecule has 4 rings (SSSR count). The summed E-state index contributed by atoms with van der Waals surface area (Å²) in [5.74, 6) is 1.44. The van der Waals surface area contributed by atoms with Crippen molar-refractivity contribution in [3.63, 3.8) is 0 Å². The average molecular weight is 329 g/mol. The van der Waals surface area contributed by atoms with Gasteiger partial charge in [0.1, 0.15) is 17.8 Å². The molecule has 0 spiro atoms. The van der Waals surface area contributed by atoms with Gasteiger partial charge < -0.3 is 19.9 Å². The van der Waals surface area contributed by atoms with Gasteiger partial charge in [-0.15, -0.1) is 0 Å². The maximum Gasteiger partial charge on any atom is 0.143 e. The highest BCUT2D eigenvalue weighted by molar-refractivity contribution is 5.91. The fraction of sp³-hybridized carbons (Fsp3) is 0.667. The van der Waals surface area contributed by atoms with E-state index in [4.69, 9.17) is 4.74 Å². The molecule has 0 bridgehead atoms. The zero-order valence-electron chi connectivity index (χ0n) is 14.6. The minimum absolute atomic E-state index is 0.453. The predicted octanol–water partition coefficient (Wildman–Crippen LogP) is 2.75. The molecule has 1 atom stereocenters. The van der Waals surface area contributed by atoms with Crippen LogP contribution in [0.2, 0.25) is 0 Å². The Balaban J connectivity index is 1.55. The summed E-state index contributed by atoms with van der Waals surface area (Å²) in [5.41, 5.74) is 2.23. The van der Waals surface area contributed by atoms with Crippen molar-refractivity contribution < 1.29 is 4.74 Å². The van der Waals surface area contributed by atoms with Gasteiger partial charge in [-0.2, -0.15) is 0 Å². The molecule has 24 heavy (non-hydrogen) atoms. The van der Waals surface area contributed by atoms with Crippen molar-refractivity contribution >= 4 is 16.9 Å². The Labute approximate surface area is 143 Å². The SMILES string of the molecule is CN(C)[C@H]1CC[C@H](Nc2ncnc3[nH]cc(C4CCOC4)c23)CC1. The fourth-order valence-corrected chi connectivity index (χ4v) is 4.13. The third kappa shape index (κ3) is 3.00. The van der Waals surface area contributed by atoms with Crippen molar-refractivity contribution in [3.8, 4) is 0 Å². The third-order valence-electron chi connectivity index (χ3n) is 5.64. The molecule has 2 N–H and O–H groups in total. The summed E-state index contributed by atoms with van der Waals surface area (Å²) in [6.07, 6.45) is 9.70. The summed E-state index contributed by atoms with van der Waals surface area (Å²) < 4.78 is 5.57. The summed E-state index contributed by atoms with van der Waals surface area (Å²) in [7, 11) is 4.37. The number of hydrogen-bond acceptors (Lipinski definition) is 5. The Bertz CT molecular complexity index is 684. The highest BCUT2D eigenvalue weighted by Gasteiger charge is 2.26. The van der Waals surface area contributed by atoms with Crippen molar-refractivity contribution in [3.05, 3.63) is 18.1 Å². The Morgan fingerprint density at radius 1 is 1.17 bits per heavy atom. The summed E-state index contributed by atoms with van der Waals surface area (Å²) in [6.45, 7) is 1.65. The number of anilines is 1. The van der Waals surface area contributed by atoms with Crippen molar-refractivity contribution in [2.45, 2.75) is 50.1 Å².